The maximum atomic E-state index is 13.6. The minimum atomic E-state index is -0.592. The first kappa shape index (κ1) is 28.2. The second kappa shape index (κ2) is 10.9. The Labute approximate surface area is 258 Å². The first-order valence-electron chi connectivity index (χ1n) is 14.7. The third kappa shape index (κ3) is 5.06. The van der Waals surface area contributed by atoms with Gasteiger partial charge in [0.05, 0.1) is 11.1 Å². The Hall–Kier alpha value is -5.57. The number of nitrogens with one attached hydrogen (secondary N) is 3. The van der Waals surface area contributed by atoms with E-state index < -0.39 is 5.54 Å². The number of aryl methyl sites for hydroxylation is 2. The molecule has 0 aliphatic heterocycles. The monoisotopic (exact) mass is 599 g/mol. The van der Waals surface area contributed by atoms with Crippen LogP contribution in [0.15, 0.2) is 89.3 Å². The molecule has 2 heterocycles. The second-order valence-corrected chi connectivity index (χ2v) is 11.5. The van der Waals surface area contributed by atoms with E-state index in [1.54, 1.807) is 19.2 Å². The highest BCUT2D eigenvalue weighted by molar-refractivity contribution is 6.12. The van der Waals surface area contributed by atoms with Crippen LogP contribution in [0.3, 0.4) is 0 Å². The van der Waals surface area contributed by atoms with Crippen LogP contribution in [0.2, 0.25) is 0 Å². The summed E-state index contributed by atoms with van der Waals surface area (Å²) >= 11 is 0. The fourth-order valence-electron chi connectivity index (χ4n) is 5.75. The fourth-order valence-corrected chi connectivity index (χ4v) is 5.75. The van der Waals surface area contributed by atoms with Crippen molar-refractivity contribution < 1.29 is 18.4 Å². The average Bonchev–Trinajstić information content (AvgIpc) is 3.47. The van der Waals surface area contributed by atoms with Crippen molar-refractivity contribution in [3.63, 3.8) is 0 Å². The molecule has 224 valence electrons. The van der Waals surface area contributed by atoms with Crippen molar-refractivity contribution in [1.82, 2.24) is 25.8 Å². The molecular weight excluding hydrogens is 569 g/mol. The number of aromatic amines is 1. The lowest BCUT2D eigenvalue weighted by atomic mass is 9.95. The predicted octanol–water partition coefficient (Wildman–Crippen LogP) is 7.09. The van der Waals surface area contributed by atoms with Crippen LogP contribution in [0.5, 0.6) is 0 Å². The summed E-state index contributed by atoms with van der Waals surface area (Å²) in [7, 11) is 1.56. The Morgan fingerprint density at radius 3 is 2.33 bits per heavy atom. The normalized spacial score (nSPS) is 13.5. The molecule has 0 saturated heterocycles. The number of hydrogen-bond donors (Lipinski definition) is 3. The number of H-pyrrole nitrogens is 1. The summed E-state index contributed by atoms with van der Waals surface area (Å²) in [6, 6.07) is 25.0. The number of rotatable bonds is 7. The molecule has 1 aliphatic rings. The molecule has 0 unspecified atom stereocenters. The summed E-state index contributed by atoms with van der Waals surface area (Å²) in [6.45, 7) is 3.99. The van der Waals surface area contributed by atoms with E-state index in [1.165, 1.54) is 12.1 Å². The number of carbonyl (C=O) groups is 2. The molecule has 1 fully saturated rings. The third-order valence-electron chi connectivity index (χ3n) is 8.49. The molecule has 3 N–H and O–H groups in total. The number of benzene rings is 4. The molecule has 7 rings (SSSR count). The van der Waals surface area contributed by atoms with Gasteiger partial charge < -0.3 is 15.1 Å². The van der Waals surface area contributed by atoms with E-state index in [-0.39, 0.29) is 17.6 Å². The zero-order chi connectivity index (χ0) is 31.3. The number of halogens is 1. The molecule has 45 heavy (non-hydrogen) atoms. The molecule has 9 heteroatoms. The van der Waals surface area contributed by atoms with Crippen LogP contribution in [0.1, 0.15) is 50.5 Å². The number of carbonyl (C=O) groups excluding carboxylic acids is 2. The van der Waals surface area contributed by atoms with Crippen LogP contribution in [-0.2, 0) is 5.54 Å². The smallest absolute Gasteiger partial charge is 0.255 e. The summed E-state index contributed by atoms with van der Waals surface area (Å²) in [4.78, 5) is 31.4. The summed E-state index contributed by atoms with van der Waals surface area (Å²) in [6.07, 6.45) is 1.52. The minimum Gasteiger partial charge on any atom is -0.455 e. The molecule has 2 amide bonds. The highest BCUT2D eigenvalue weighted by Crippen LogP contribution is 2.44. The van der Waals surface area contributed by atoms with Crippen molar-refractivity contribution in [3.05, 3.63) is 119 Å². The van der Waals surface area contributed by atoms with Gasteiger partial charge in [-0.3, -0.25) is 14.7 Å². The fraction of sp³-hybridized carbons (Fsp3) is 0.167. The highest BCUT2D eigenvalue weighted by atomic mass is 19.1. The Bertz CT molecular complexity index is 2110. The van der Waals surface area contributed by atoms with Crippen molar-refractivity contribution in [3.8, 4) is 33.8 Å². The molecule has 1 aliphatic carbocycles. The Morgan fingerprint density at radius 1 is 0.867 bits per heavy atom. The number of aromatic nitrogens is 3. The Morgan fingerprint density at radius 2 is 1.60 bits per heavy atom. The zero-order valence-electron chi connectivity index (χ0n) is 25.0. The lowest BCUT2D eigenvalue weighted by molar-refractivity contribution is 0.0927. The summed E-state index contributed by atoms with van der Waals surface area (Å²) < 4.78 is 19.7. The van der Waals surface area contributed by atoms with Gasteiger partial charge in [-0.15, -0.1) is 0 Å². The van der Waals surface area contributed by atoms with Gasteiger partial charge in [0.2, 0.25) is 0 Å². The van der Waals surface area contributed by atoms with Gasteiger partial charge in [-0.25, -0.2) is 9.37 Å². The summed E-state index contributed by atoms with van der Waals surface area (Å²) in [5, 5.41) is 14.0. The molecule has 0 atom stereocenters. The van der Waals surface area contributed by atoms with Gasteiger partial charge in [-0.05, 0) is 97.5 Å². The van der Waals surface area contributed by atoms with E-state index in [0.29, 0.717) is 45.1 Å². The van der Waals surface area contributed by atoms with Crippen molar-refractivity contribution in [2.75, 3.05) is 7.05 Å². The van der Waals surface area contributed by atoms with Crippen molar-refractivity contribution in [2.24, 2.45) is 0 Å². The van der Waals surface area contributed by atoms with Gasteiger partial charge >= 0.3 is 0 Å². The van der Waals surface area contributed by atoms with E-state index in [1.807, 2.05) is 74.5 Å². The first-order valence-corrected chi connectivity index (χ1v) is 14.7. The van der Waals surface area contributed by atoms with Crippen molar-refractivity contribution >= 4 is 22.8 Å². The second-order valence-electron chi connectivity index (χ2n) is 11.5. The molecule has 6 aromatic rings. The molecular formula is C36H30FN5O3. The van der Waals surface area contributed by atoms with Crippen LogP contribution < -0.4 is 10.6 Å². The number of nitrogens with zero attached hydrogens (tertiary/aromatic N) is 2. The predicted molar refractivity (Wildman–Crippen MR) is 170 cm³/mol. The molecule has 4 aromatic carbocycles. The summed E-state index contributed by atoms with van der Waals surface area (Å²) in [5.41, 5.74) is 6.06. The van der Waals surface area contributed by atoms with Gasteiger partial charge in [0.25, 0.3) is 11.8 Å². The van der Waals surface area contributed by atoms with Crippen molar-refractivity contribution in [2.45, 2.75) is 32.2 Å². The number of amides is 2. The topological polar surface area (TPSA) is 113 Å². The van der Waals surface area contributed by atoms with Crippen LogP contribution in [0, 0.1) is 19.7 Å². The Kier molecular flexibility index (Phi) is 6.81. The van der Waals surface area contributed by atoms with E-state index in [4.69, 9.17) is 9.40 Å². The Balaban J connectivity index is 1.20. The molecule has 2 aromatic heterocycles. The standard InChI is InChI=1S/C36H30FN5O3/c1-20-6-4-5-7-26(20)32-39-35(42-41-32)36(16-17-36)40-33(43)24-9-8-21(2)27(19-24)23-12-15-29-28(18-23)30(34(44)38-3)31(45-29)22-10-13-25(37)14-11-22/h4-15,18-19H,16-17H2,1-3H3,(H,38,44)(H,40,43)(H,39,41,42). The van der Waals surface area contributed by atoms with Crippen molar-refractivity contribution in [1.29, 1.82) is 0 Å². The lowest BCUT2D eigenvalue weighted by Crippen LogP contribution is -2.35. The molecule has 0 bridgehead atoms. The average molecular weight is 600 g/mol. The van der Waals surface area contributed by atoms with E-state index in [9.17, 15) is 14.0 Å². The first-order chi connectivity index (χ1) is 21.8. The van der Waals surface area contributed by atoms with E-state index >= 15 is 0 Å². The molecule has 0 spiro atoms. The van der Waals surface area contributed by atoms with E-state index in [0.717, 1.165) is 40.7 Å². The molecule has 1 saturated carbocycles. The lowest BCUT2D eigenvalue weighted by Gasteiger charge is -2.16. The van der Waals surface area contributed by atoms with Crippen LogP contribution in [0.25, 0.3) is 44.8 Å². The number of hydrogen-bond acceptors (Lipinski definition) is 5. The quantitative estimate of drug-likeness (QED) is 0.181. The van der Waals surface area contributed by atoms with Crippen LogP contribution in [-0.4, -0.2) is 34.0 Å². The van der Waals surface area contributed by atoms with Gasteiger partial charge in [-0.1, -0.05) is 36.4 Å². The molecule has 0 radical (unpaired) electrons. The minimum absolute atomic E-state index is 0.211. The van der Waals surface area contributed by atoms with Crippen LogP contribution >= 0.6 is 0 Å². The number of furan rings is 1. The largest absolute Gasteiger partial charge is 0.455 e. The van der Waals surface area contributed by atoms with E-state index in [2.05, 4.69) is 20.8 Å². The van der Waals surface area contributed by atoms with Gasteiger partial charge in [-0.2, -0.15) is 5.10 Å². The zero-order valence-corrected chi connectivity index (χ0v) is 25.0. The molecule has 8 nitrogen and oxygen atoms in total. The summed E-state index contributed by atoms with van der Waals surface area (Å²) in [5.74, 6) is 0.706. The maximum absolute atomic E-state index is 13.6. The maximum Gasteiger partial charge on any atom is 0.255 e. The number of fused-ring (bicyclic) bond motifs is 1. The van der Waals surface area contributed by atoms with Crippen LogP contribution in [0.4, 0.5) is 4.39 Å². The van der Waals surface area contributed by atoms with Gasteiger partial charge in [0.1, 0.15) is 17.2 Å². The van der Waals surface area contributed by atoms with Gasteiger partial charge in [0, 0.05) is 29.1 Å². The van der Waals surface area contributed by atoms with Gasteiger partial charge in [0.15, 0.2) is 11.6 Å². The SMILES string of the molecule is CNC(=O)c1c(-c2ccc(F)cc2)oc2ccc(-c3cc(C(=O)NC4(c5nc(-c6ccccc6C)n[nH]5)CC4)ccc3C)cc12. The highest BCUT2D eigenvalue weighted by Gasteiger charge is 2.49. The third-order valence-corrected chi connectivity index (χ3v) is 8.49.